The van der Waals surface area contributed by atoms with Gasteiger partial charge >= 0.3 is 6.18 Å². The third-order valence-corrected chi connectivity index (χ3v) is 4.23. The van der Waals surface area contributed by atoms with Crippen LogP contribution in [0.5, 0.6) is 0 Å². The molecule has 1 atom stereocenters. The van der Waals surface area contributed by atoms with Crippen molar-refractivity contribution in [1.29, 1.82) is 5.26 Å². The fraction of sp³-hybridized carbons (Fsp3) is 0.500. The summed E-state index contributed by atoms with van der Waals surface area (Å²) in [6.45, 7) is 2.94. The van der Waals surface area contributed by atoms with Gasteiger partial charge in [-0.25, -0.2) is 15.0 Å². The third kappa shape index (κ3) is 3.57. The average Bonchev–Trinajstić information content (AvgIpc) is 2.96. The Balaban J connectivity index is 1.86. The molecule has 0 unspecified atom stereocenters. The molecule has 0 aliphatic carbocycles. The third-order valence-electron chi connectivity index (χ3n) is 4.23. The SMILES string of the molecule is Cc1cc(C#N)nc(N2CCC[C@@H](c3nc(C(F)(F)F)cn3C)C2)n1. The van der Waals surface area contributed by atoms with Crippen molar-refractivity contribution in [1.82, 2.24) is 19.5 Å². The predicted molar refractivity (Wildman–Crippen MR) is 83.9 cm³/mol. The van der Waals surface area contributed by atoms with Crippen LogP contribution in [0.25, 0.3) is 0 Å². The highest BCUT2D eigenvalue weighted by Gasteiger charge is 2.36. The number of nitriles is 1. The smallest absolute Gasteiger partial charge is 0.340 e. The van der Waals surface area contributed by atoms with E-state index in [1.165, 1.54) is 4.57 Å². The summed E-state index contributed by atoms with van der Waals surface area (Å²) in [4.78, 5) is 14.3. The van der Waals surface area contributed by atoms with Gasteiger partial charge < -0.3 is 9.47 Å². The Morgan fingerprint density at radius 2 is 2.04 bits per heavy atom. The van der Waals surface area contributed by atoms with Gasteiger partial charge in [0.1, 0.15) is 17.6 Å². The van der Waals surface area contributed by atoms with Crippen LogP contribution in [0, 0.1) is 18.3 Å². The van der Waals surface area contributed by atoms with Gasteiger partial charge in [0.15, 0.2) is 5.69 Å². The molecule has 2 aromatic rings. The molecule has 1 saturated heterocycles. The first-order valence-corrected chi connectivity index (χ1v) is 7.89. The van der Waals surface area contributed by atoms with Gasteiger partial charge in [-0.1, -0.05) is 0 Å². The lowest BCUT2D eigenvalue weighted by molar-refractivity contribution is -0.141. The van der Waals surface area contributed by atoms with E-state index in [1.807, 2.05) is 11.0 Å². The summed E-state index contributed by atoms with van der Waals surface area (Å²) in [5.74, 6) is 0.696. The molecule has 9 heteroatoms. The number of aromatic nitrogens is 4. The van der Waals surface area contributed by atoms with Crippen molar-refractivity contribution < 1.29 is 13.2 Å². The monoisotopic (exact) mass is 350 g/mol. The minimum atomic E-state index is -4.45. The zero-order valence-electron chi connectivity index (χ0n) is 13.9. The van der Waals surface area contributed by atoms with Crippen molar-refractivity contribution in [3.05, 3.63) is 35.2 Å². The highest BCUT2D eigenvalue weighted by Crippen LogP contribution is 2.32. The highest BCUT2D eigenvalue weighted by molar-refractivity contribution is 5.37. The van der Waals surface area contributed by atoms with Gasteiger partial charge in [-0.05, 0) is 25.8 Å². The Kier molecular flexibility index (Phi) is 4.37. The van der Waals surface area contributed by atoms with Crippen LogP contribution in [0.15, 0.2) is 12.3 Å². The molecule has 0 spiro atoms. The van der Waals surface area contributed by atoms with Crippen LogP contribution in [0.1, 0.15) is 41.7 Å². The molecule has 132 valence electrons. The van der Waals surface area contributed by atoms with Crippen molar-refractivity contribution in [2.24, 2.45) is 7.05 Å². The molecule has 0 bridgehead atoms. The zero-order valence-corrected chi connectivity index (χ0v) is 13.9. The van der Waals surface area contributed by atoms with Gasteiger partial charge in [-0.2, -0.15) is 18.4 Å². The predicted octanol–water partition coefficient (Wildman–Crippen LogP) is 2.79. The highest BCUT2D eigenvalue weighted by atomic mass is 19.4. The molecule has 0 saturated carbocycles. The van der Waals surface area contributed by atoms with Gasteiger partial charge in [0, 0.05) is 37.9 Å². The summed E-state index contributed by atoms with van der Waals surface area (Å²) in [6, 6.07) is 3.60. The molecule has 0 N–H and O–H groups in total. The molecule has 0 amide bonds. The number of rotatable bonds is 2. The number of piperidine rings is 1. The van der Waals surface area contributed by atoms with Crippen LogP contribution in [0.4, 0.5) is 19.1 Å². The average molecular weight is 350 g/mol. The lowest BCUT2D eigenvalue weighted by Gasteiger charge is -2.32. The summed E-state index contributed by atoms with van der Waals surface area (Å²) in [7, 11) is 1.58. The summed E-state index contributed by atoms with van der Waals surface area (Å²) < 4.78 is 40.1. The minimum absolute atomic E-state index is 0.149. The van der Waals surface area contributed by atoms with Crippen LogP contribution >= 0.6 is 0 Å². The largest absolute Gasteiger partial charge is 0.434 e. The maximum atomic E-state index is 12.9. The maximum Gasteiger partial charge on any atom is 0.434 e. The molecular formula is C16H17F3N6. The van der Waals surface area contributed by atoms with E-state index in [1.54, 1.807) is 20.0 Å². The molecule has 1 aliphatic heterocycles. The second-order valence-corrected chi connectivity index (χ2v) is 6.18. The van der Waals surface area contributed by atoms with E-state index in [2.05, 4.69) is 15.0 Å². The number of halogens is 3. The fourth-order valence-corrected chi connectivity index (χ4v) is 3.12. The van der Waals surface area contributed by atoms with E-state index >= 15 is 0 Å². The van der Waals surface area contributed by atoms with E-state index in [0.29, 0.717) is 30.6 Å². The van der Waals surface area contributed by atoms with Gasteiger partial charge in [0.2, 0.25) is 5.95 Å². The standard InChI is InChI=1S/C16H17F3N6/c1-10-6-12(7-20)22-15(21-10)25-5-3-4-11(8-25)14-23-13(9-24(14)2)16(17,18)19/h6,9,11H,3-5,8H2,1-2H3/t11-/m1/s1. The van der Waals surface area contributed by atoms with E-state index in [9.17, 15) is 13.2 Å². The molecule has 25 heavy (non-hydrogen) atoms. The van der Waals surface area contributed by atoms with Crippen molar-refractivity contribution in [3.63, 3.8) is 0 Å². The Morgan fingerprint density at radius 1 is 1.28 bits per heavy atom. The Labute approximate surface area is 142 Å². The van der Waals surface area contributed by atoms with Gasteiger partial charge in [0.05, 0.1) is 0 Å². The summed E-state index contributed by atoms with van der Waals surface area (Å²) in [5, 5.41) is 9.05. The second kappa shape index (κ2) is 6.35. The number of aryl methyl sites for hydroxylation is 2. The van der Waals surface area contributed by atoms with Crippen LogP contribution in [0.3, 0.4) is 0 Å². The molecule has 0 aromatic carbocycles. The second-order valence-electron chi connectivity index (χ2n) is 6.18. The summed E-state index contributed by atoms with van der Waals surface area (Å²) in [6.07, 6.45) is -1.90. The van der Waals surface area contributed by atoms with Crippen molar-refractivity contribution >= 4 is 5.95 Å². The zero-order chi connectivity index (χ0) is 18.2. The summed E-state index contributed by atoms with van der Waals surface area (Å²) in [5.41, 5.74) is 0.0849. The van der Waals surface area contributed by atoms with Gasteiger partial charge in [-0.15, -0.1) is 0 Å². The first-order chi connectivity index (χ1) is 11.8. The molecule has 0 radical (unpaired) electrons. The molecule has 3 heterocycles. The Morgan fingerprint density at radius 3 is 2.68 bits per heavy atom. The Hall–Kier alpha value is -2.63. The summed E-state index contributed by atoms with van der Waals surface area (Å²) >= 11 is 0. The minimum Gasteiger partial charge on any atom is -0.340 e. The molecule has 1 aliphatic rings. The molecule has 3 rings (SSSR count). The number of alkyl halides is 3. The fourth-order valence-electron chi connectivity index (χ4n) is 3.12. The number of anilines is 1. The van der Waals surface area contributed by atoms with Crippen molar-refractivity contribution in [2.45, 2.75) is 31.9 Å². The van der Waals surface area contributed by atoms with Gasteiger partial charge in [-0.3, -0.25) is 0 Å². The van der Waals surface area contributed by atoms with Crippen LogP contribution < -0.4 is 4.90 Å². The quantitative estimate of drug-likeness (QED) is 0.833. The van der Waals surface area contributed by atoms with E-state index in [4.69, 9.17) is 5.26 Å². The molecule has 6 nitrogen and oxygen atoms in total. The van der Waals surface area contributed by atoms with E-state index in [0.717, 1.165) is 19.0 Å². The normalized spacial score (nSPS) is 18.2. The first kappa shape index (κ1) is 17.2. The lowest BCUT2D eigenvalue weighted by atomic mass is 9.97. The molecule has 2 aromatic heterocycles. The number of nitrogens with zero attached hydrogens (tertiary/aromatic N) is 6. The number of hydrogen-bond donors (Lipinski definition) is 0. The molecule has 1 fully saturated rings. The van der Waals surface area contributed by atoms with E-state index in [-0.39, 0.29) is 11.6 Å². The van der Waals surface area contributed by atoms with Gasteiger partial charge in [0.25, 0.3) is 0 Å². The topological polar surface area (TPSA) is 70.6 Å². The number of imidazole rings is 1. The maximum absolute atomic E-state index is 12.9. The van der Waals surface area contributed by atoms with E-state index < -0.39 is 11.9 Å². The van der Waals surface area contributed by atoms with Crippen molar-refractivity contribution in [3.8, 4) is 6.07 Å². The van der Waals surface area contributed by atoms with Crippen LogP contribution in [0.2, 0.25) is 0 Å². The molecular weight excluding hydrogens is 333 g/mol. The first-order valence-electron chi connectivity index (χ1n) is 7.89. The van der Waals surface area contributed by atoms with Crippen LogP contribution in [-0.4, -0.2) is 32.6 Å². The van der Waals surface area contributed by atoms with Crippen LogP contribution in [-0.2, 0) is 13.2 Å². The Bertz CT molecular complexity index is 820. The number of hydrogen-bond acceptors (Lipinski definition) is 5. The lowest BCUT2D eigenvalue weighted by Crippen LogP contribution is -2.36. The van der Waals surface area contributed by atoms with Crippen molar-refractivity contribution in [2.75, 3.05) is 18.0 Å².